The molecule has 29 heavy (non-hydrogen) atoms. The first-order chi connectivity index (χ1) is 13.7. The summed E-state index contributed by atoms with van der Waals surface area (Å²) in [4.78, 5) is 28.2. The number of carbonyl (C=O) groups is 2. The number of nitrogens with two attached hydrogens (primary N) is 1. The number of halogens is 4. The summed E-state index contributed by atoms with van der Waals surface area (Å²) in [5.74, 6) is -1.25. The van der Waals surface area contributed by atoms with Crippen LogP contribution in [0.2, 0.25) is 5.02 Å². The predicted molar refractivity (Wildman–Crippen MR) is 101 cm³/mol. The zero-order chi connectivity index (χ0) is 21.2. The van der Waals surface area contributed by atoms with E-state index in [2.05, 4.69) is 10.3 Å². The van der Waals surface area contributed by atoms with Crippen molar-refractivity contribution in [2.45, 2.75) is 44.3 Å². The molecule has 9 heteroatoms. The lowest BCUT2D eigenvalue weighted by Gasteiger charge is -2.24. The van der Waals surface area contributed by atoms with Gasteiger partial charge >= 0.3 is 6.18 Å². The lowest BCUT2D eigenvalue weighted by Crippen LogP contribution is -2.31. The molecule has 1 unspecified atom stereocenters. The van der Waals surface area contributed by atoms with Crippen LogP contribution in [0.4, 0.5) is 13.2 Å². The van der Waals surface area contributed by atoms with Crippen LogP contribution in [0, 0.1) is 0 Å². The molecule has 0 saturated heterocycles. The molecule has 1 aromatic carbocycles. The van der Waals surface area contributed by atoms with Crippen LogP contribution in [0.1, 0.15) is 46.8 Å². The second kappa shape index (κ2) is 8.41. The molecule has 1 heterocycles. The first kappa shape index (κ1) is 21.1. The van der Waals surface area contributed by atoms with E-state index in [9.17, 15) is 22.8 Å². The fourth-order valence-electron chi connectivity index (χ4n) is 3.49. The zero-order valence-corrected chi connectivity index (χ0v) is 16.1. The number of hydrogen-bond acceptors (Lipinski definition) is 3. The third kappa shape index (κ3) is 4.87. The van der Waals surface area contributed by atoms with Gasteiger partial charge in [0.15, 0.2) is 0 Å². The Balaban J connectivity index is 1.74. The van der Waals surface area contributed by atoms with Gasteiger partial charge in [0.25, 0.3) is 0 Å². The SMILES string of the molecule is NC(=O)Cc1ccc2c(n1)CCCC2C(=O)NCc1cccc(C(F)(F)F)c1Cl. The van der Waals surface area contributed by atoms with Crippen LogP contribution in [-0.4, -0.2) is 16.8 Å². The first-order valence-corrected chi connectivity index (χ1v) is 9.44. The van der Waals surface area contributed by atoms with Gasteiger partial charge in [-0.05, 0) is 42.5 Å². The summed E-state index contributed by atoms with van der Waals surface area (Å²) >= 11 is 5.88. The number of nitrogens with zero attached hydrogens (tertiary/aromatic N) is 1. The van der Waals surface area contributed by atoms with Crippen LogP contribution in [-0.2, 0) is 35.2 Å². The molecular formula is C20H19ClF3N3O2. The molecular weight excluding hydrogens is 407 g/mol. The third-order valence-corrected chi connectivity index (χ3v) is 5.30. The second-order valence-electron chi connectivity index (χ2n) is 6.92. The van der Waals surface area contributed by atoms with E-state index in [1.165, 1.54) is 12.1 Å². The number of pyridine rings is 1. The van der Waals surface area contributed by atoms with E-state index in [1.807, 2.05) is 0 Å². The molecule has 0 spiro atoms. The number of fused-ring (bicyclic) bond motifs is 1. The van der Waals surface area contributed by atoms with Gasteiger partial charge in [0.2, 0.25) is 11.8 Å². The summed E-state index contributed by atoms with van der Waals surface area (Å²) in [7, 11) is 0. The first-order valence-electron chi connectivity index (χ1n) is 9.06. The molecule has 0 radical (unpaired) electrons. The number of hydrogen-bond donors (Lipinski definition) is 2. The number of rotatable bonds is 5. The van der Waals surface area contributed by atoms with Crippen molar-refractivity contribution in [1.82, 2.24) is 10.3 Å². The van der Waals surface area contributed by atoms with E-state index in [0.29, 0.717) is 18.5 Å². The smallest absolute Gasteiger partial charge is 0.369 e. The van der Waals surface area contributed by atoms with Crippen molar-refractivity contribution < 1.29 is 22.8 Å². The summed E-state index contributed by atoms with van der Waals surface area (Å²) in [6.07, 6.45) is -2.51. The molecule has 3 rings (SSSR count). The summed E-state index contributed by atoms with van der Waals surface area (Å²) in [6, 6.07) is 7.04. The van der Waals surface area contributed by atoms with E-state index in [-0.39, 0.29) is 24.4 Å². The minimum atomic E-state index is -4.56. The summed E-state index contributed by atoms with van der Waals surface area (Å²) in [6.45, 7) is -0.111. The van der Waals surface area contributed by atoms with Gasteiger partial charge in [-0.1, -0.05) is 29.8 Å². The van der Waals surface area contributed by atoms with Crippen LogP contribution in [0.3, 0.4) is 0 Å². The number of aryl methyl sites for hydroxylation is 1. The molecule has 0 bridgehead atoms. The number of aromatic nitrogens is 1. The molecule has 0 saturated carbocycles. The highest BCUT2D eigenvalue weighted by atomic mass is 35.5. The maximum atomic E-state index is 13.0. The van der Waals surface area contributed by atoms with Crippen LogP contribution < -0.4 is 11.1 Å². The molecule has 0 fully saturated rings. The summed E-state index contributed by atoms with van der Waals surface area (Å²) in [5.41, 5.74) is 6.51. The molecule has 154 valence electrons. The molecule has 2 aromatic rings. The van der Waals surface area contributed by atoms with E-state index < -0.39 is 28.6 Å². The number of primary amides is 1. The molecule has 5 nitrogen and oxygen atoms in total. The van der Waals surface area contributed by atoms with Gasteiger partial charge < -0.3 is 11.1 Å². The molecule has 1 atom stereocenters. The highest BCUT2D eigenvalue weighted by Crippen LogP contribution is 2.36. The third-order valence-electron chi connectivity index (χ3n) is 4.86. The Morgan fingerprint density at radius 1 is 1.24 bits per heavy atom. The number of nitrogens with one attached hydrogen (secondary N) is 1. The van der Waals surface area contributed by atoms with Gasteiger partial charge in [-0.25, -0.2) is 0 Å². The van der Waals surface area contributed by atoms with Crippen molar-refractivity contribution in [3.05, 3.63) is 63.4 Å². The topological polar surface area (TPSA) is 85.1 Å². The van der Waals surface area contributed by atoms with Gasteiger partial charge in [-0.3, -0.25) is 14.6 Å². The normalized spacial score (nSPS) is 16.2. The molecule has 0 aliphatic heterocycles. The fourth-order valence-corrected chi connectivity index (χ4v) is 3.79. The van der Waals surface area contributed by atoms with Crippen LogP contribution >= 0.6 is 11.6 Å². The fraction of sp³-hybridized carbons (Fsp3) is 0.350. The van der Waals surface area contributed by atoms with Crippen molar-refractivity contribution in [3.8, 4) is 0 Å². The minimum Gasteiger partial charge on any atom is -0.369 e. The number of amides is 2. The van der Waals surface area contributed by atoms with Gasteiger partial charge in [0, 0.05) is 17.9 Å². The Labute approximate surface area is 170 Å². The number of alkyl halides is 3. The van der Waals surface area contributed by atoms with Crippen LogP contribution in [0.25, 0.3) is 0 Å². The second-order valence-corrected chi connectivity index (χ2v) is 7.30. The van der Waals surface area contributed by atoms with Crippen molar-refractivity contribution in [2.24, 2.45) is 5.73 Å². The van der Waals surface area contributed by atoms with E-state index in [4.69, 9.17) is 17.3 Å². The van der Waals surface area contributed by atoms with E-state index >= 15 is 0 Å². The lowest BCUT2D eigenvalue weighted by molar-refractivity contribution is -0.137. The Hall–Kier alpha value is -2.61. The van der Waals surface area contributed by atoms with Crippen LogP contribution in [0.15, 0.2) is 30.3 Å². The largest absolute Gasteiger partial charge is 0.417 e. The highest BCUT2D eigenvalue weighted by molar-refractivity contribution is 6.32. The van der Waals surface area contributed by atoms with Crippen molar-refractivity contribution in [1.29, 1.82) is 0 Å². The minimum absolute atomic E-state index is 0.0260. The molecule has 3 N–H and O–H groups in total. The average Bonchev–Trinajstić information content (AvgIpc) is 2.64. The standard InChI is InChI=1S/C20H19ClF3N3O2/c21-18-11(3-1-5-15(18)20(22,23)24)10-26-19(29)14-4-2-6-16-13(14)8-7-12(27-16)9-17(25)28/h1,3,5,7-8,14H,2,4,6,9-10H2,(H2,25,28)(H,26,29). The van der Waals surface area contributed by atoms with Crippen molar-refractivity contribution >= 4 is 23.4 Å². The Bertz CT molecular complexity index is 947. The highest BCUT2D eigenvalue weighted by Gasteiger charge is 2.34. The van der Waals surface area contributed by atoms with E-state index in [1.54, 1.807) is 12.1 Å². The van der Waals surface area contributed by atoms with Gasteiger partial charge in [-0.2, -0.15) is 13.2 Å². The number of benzene rings is 1. The van der Waals surface area contributed by atoms with Gasteiger partial charge in [-0.15, -0.1) is 0 Å². The molecule has 2 amide bonds. The van der Waals surface area contributed by atoms with Crippen molar-refractivity contribution in [2.75, 3.05) is 0 Å². The zero-order valence-electron chi connectivity index (χ0n) is 15.4. The maximum Gasteiger partial charge on any atom is 0.417 e. The van der Waals surface area contributed by atoms with Gasteiger partial charge in [0.05, 0.1) is 22.9 Å². The Morgan fingerprint density at radius 3 is 2.69 bits per heavy atom. The molecule has 1 aliphatic carbocycles. The maximum absolute atomic E-state index is 13.0. The molecule has 1 aliphatic rings. The summed E-state index contributed by atoms with van der Waals surface area (Å²) < 4.78 is 39.0. The molecule has 1 aromatic heterocycles. The Kier molecular flexibility index (Phi) is 6.12. The van der Waals surface area contributed by atoms with E-state index in [0.717, 1.165) is 23.7 Å². The number of carbonyl (C=O) groups excluding carboxylic acids is 2. The average molecular weight is 426 g/mol. The monoisotopic (exact) mass is 425 g/mol. The summed E-state index contributed by atoms with van der Waals surface area (Å²) in [5, 5.41) is 2.27. The van der Waals surface area contributed by atoms with Crippen LogP contribution in [0.5, 0.6) is 0 Å². The van der Waals surface area contributed by atoms with Crippen molar-refractivity contribution in [3.63, 3.8) is 0 Å². The predicted octanol–water partition coefficient (Wildman–Crippen LogP) is 3.52. The van der Waals surface area contributed by atoms with Gasteiger partial charge in [0.1, 0.15) is 0 Å². The Morgan fingerprint density at radius 2 is 2.00 bits per heavy atom. The quantitative estimate of drug-likeness (QED) is 0.768. The lowest BCUT2D eigenvalue weighted by atomic mass is 9.84.